The van der Waals surface area contributed by atoms with Gasteiger partial charge in [0.1, 0.15) is 0 Å². The van der Waals surface area contributed by atoms with Crippen LogP contribution in [0.5, 0.6) is 0 Å². The number of rotatable bonds is 4. The Hall–Kier alpha value is -2.99. The van der Waals surface area contributed by atoms with Gasteiger partial charge in [-0.25, -0.2) is 18.1 Å². The van der Waals surface area contributed by atoms with Crippen LogP contribution >= 0.6 is 11.6 Å². The third-order valence-corrected chi connectivity index (χ3v) is 5.22. The largest absolute Gasteiger partial charge is 0.453 e. The number of nitro groups is 1. The Morgan fingerprint density at radius 1 is 1.14 bits per heavy atom. The molecule has 0 radical (unpaired) electrons. The molecular weight excluding hydrogens is 437 g/mol. The van der Waals surface area contributed by atoms with Gasteiger partial charge in [0.05, 0.1) is 20.5 Å². The quantitative estimate of drug-likeness (QED) is 0.444. The van der Waals surface area contributed by atoms with E-state index in [0.717, 1.165) is 29.1 Å². The molecule has 0 aliphatic rings. The second kappa shape index (κ2) is 7.12. The number of alkyl halides is 3. The van der Waals surface area contributed by atoms with Crippen LogP contribution in [-0.4, -0.2) is 34.4 Å². The summed E-state index contributed by atoms with van der Waals surface area (Å²) < 4.78 is 63.5. The molecule has 13 heteroatoms. The van der Waals surface area contributed by atoms with Crippen molar-refractivity contribution in [3.8, 4) is 17.1 Å². The van der Waals surface area contributed by atoms with Crippen LogP contribution in [0, 0.1) is 10.1 Å². The van der Waals surface area contributed by atoms with E-state index in [-0.39, 0.29) is 32.7 Å². The van der Waals surface area contributed by atoms with Crippen molar-refractivity contribution in [3.05, 3.63) is 63.4 Å². The molecule has 0 atom stereocenters. The lowest BCUT2D eigenvalue weighted by atomic mass is 10.2. The van der Waals surface area contributed by atoms with Crippen molar-refractivity contribution in [1.82, 2.24) is 14.8 Å². The van der Waals surface area contributed by atoms with Crippen molar-refractivity contribution >= 4 is 27.1 Å². The smallest absolute Gasteiger partial charge is 0.258 e. The molecule has 0 saturated heterocycles. The molecule has 1 aromatic heterocycles. The average molecular weight is 447 g/mol. The summed E-state index contributed by atoms with van der Waals surface area (Å²) in [5.74, 6) is -1.77. The number of sulfone groups is 1. The predicted molar refractivity (Wildman–Crippen MR) is 96.6 cm³/mol. The molecule has 1 heterocycles. The van der Waals surface area contributed by atoms with Crippen molar-refractivity contribution in [2.75, 3.05) is 6.26 Å². The molecule has 0 amide bonds. The van der Waals surface area contributed by atoms with Crippen LogP contribution in [0.4, 0.5) is 18.9 Å². The molecule has 29 heavy (non-hydrogen) atoms. The molecule has 152 valence electrons. The fraction of sp³-hybridized carbons (Fsp3) is 0.125. The number of aromatic nitrogens is 3. The lowest BCUT2D eigenvalue weighted by molar-refractivity contribution is -0.384. The van der Waals surface area contributed by atoms with E-state index in [0.29, 0.717) is 0 Å². The molecule has 3 aromatic rings. The summed E-state index contributed by atoms with van der Waals surface area (Å²) in [6, 6.07) is 8.14. The van der Waals surface area contributed by atoms with Crippen molar-refractivity contribution < 1.29 is 26.5 Å². The van der Waals surface area contributed by atoms with Gasteiger partial charge in [-0.2, -0.15) is 13.2 Å². The number of benzene rings is 2. The van der Waals surface area contributed by atoms with E-state index < -0.39 is 26.8 Å². The van der Waals surface area contributed by atoms with Gasteiger partial charge in [-0.1, -0.05) is 11.6 Å². The van der Waals surface area contributed by atoms with Gasteiger partial charge in [-0.15, -0.1) is 5.10 Å². The molecule has 8 nitrogen and oxygen atoms in total. The standard InChI is InChI=1S/C16H10ClF3N4O4S/c1-29(27,28)11-5-2-9(3-6-11)23-14(21-15(22-23)16(18,19)20)12-7-4-10(24(25)26)8-13(12)17/h2-8H,1H3. The van der Waals surface area contributed by atoms with E-state index in [1.165, 1.54) is 24.3 Å². The van der Waals surface area contributed by atoms with Gasteiger partial charge in [-0.05, 0) is 30.3 Å². The minimum absolute atomic E-state index is 0.0209. The van der Waals surface area contributed by atoms with E-state index in [1.54, 1.807) is 0 Å². The normalized spacial score (nSPS) is 12.2. The third kappa shape index (κ3) is 4.22. The van der Waals surface area contributed by atoms with Crippen LogP contribution in [-0.2, 0) is 16.0 Å². The summed E-state index contributed by atoms with van der Waals surface area (Å²) in [7, 11) is -3.51. The molecule has 0 spiro atoms. The number of hydrogen-bond acceptors (Lipinski definition) is 6. The highest BCUT2D eigenvalue weighted by Crippen LogP contribution is 2.34. The Balaban J connectivity index is 2.20. The first kappa shape index (κ1) is 20.7. The van der Waals surface area contributed by atoms with E-state index in [1.807, 2.05) is 0 Å². The monoisotopic (exact) mass is 446 g/mol. The molecular formula is C16H10ClF3N4O4S. The molecule has 0 fully saturated rings. The first-order chi connectivity index (χ1) is 13.4. The third-order valence-electron chi connectivity index (χ3n) is 3.77. The van der Waals surface area contributed by atoms with Crippen molar-refractivity contribution in [2.45, 2.75) is 11.1 Å². The zero-order valence-corrected chi connectivity index (χ0v) is 16.0. The second-order valence-corrected chi connectivity index (χ2v) is 8.28. The Bertz CT molecular complexity index is 1210. The van der Waals surface area contributed by atoms with Crippen molar-refractivity contribution in [2.24, 2.45) is 0 Å². The highest BCUT2D eigenvalue weighted by molar-refractivity contribution is 7.90. The lowest BCUT2D eigenvalue weighted by Crippen LogP contribution is -2.08. The van der Waals surface area contributed by atoms with Crippen molar-refractivity contribution in [3.63, 3.8) is 0 Å². The molecule has 0 unspecified atom stereocenters. The maximum Gasteiger partial charge on any atom is 0.453 e. The van der Waals surface area contributed by atoms with Gasteiger partial charge < -0.3 is 0 Å². The molecule has 0 bridgehead atoms. The maximum absolute atomic E-state index is 13.2. The summed E-state index contributed by atoms with van der Waals surface area (Å²) in [6.45, 7) is 0. The highest BCUT2D eigenvalue weighted by Gasteiger charge is 2.37. The van der Waals surface area contributed by atoms with Gasteiger partial charge in [-0.3, -0.25) is 10.1 Å². The van der Waals surface area contributed by atoms with Crippen LogP contribution in [0.2, 0.25) is 5.02 Å². The van der Waals surface area contributed by atoms with E-state index in [9.17, 15) is 31.7 Å². The van der Waals surface area contributed by atoms with Gasteiger partial charge >= 0.3 is 6.18 Å². The van der Waals surface area contributed by atoms with Crippen molar-refractivity contribution in [1.29, 1.82) is 0 Å². The van der Waals surface area contributed by atoms with Crippen LogP contribution in [0.15, 0.2) is 47.4 Å². The number of nitrogens with zero attached hydrogens (tertiary/aromatic N) is 4. The van der Waals surface area contributed by atoms with E-state index in [2.05, 4.69) is 10.1 Å². The summed E-state index contributed by atoms with van der Waals surface area (Å²) in [6.07, 6.45) is -3.87. The van der Waals surface area contributed by atoms with Gasteiger partial charge in [0, 0.05) is 24.0 Å². The van der Waals surface area contributed by atoms with Crippen LogP contribution in [0.25, 0.3) is 17.1 Å². The van der Waals surface area contributed by atoms with Crippen LogP contribution in [0.3, 0.4) is 0 Å². The Morgan fingerprint density at radius 3 is 2.24 bits per heavy atom. The fourth-order valence-corrected chi connectivity index (χ4v) is 3.31. The van der Waals surface area contributed by atoms with Crippen LogP contribution in [0.1, 0.15) is 5.82 Å². The molecule has 0 N–H and O–H groups in total. The van der Waals surface area contributed by atoms with E-state index in [4.69, 9.17) is 11.6 Å². The SMILES string of the molecule is CS(=O)(=O)c1ccc(-n2nc(C(F)(F)F)nc2-c2ccc([N+](=O)[O-])cc2Cl)cc1. The minimum atomic E-state index is -4.86. The zero-order valence-electron chi connectivity index (χ0n) is 14.4. The number of hydrogen-bond donors (Lipinski definition) is 0. The Kier molecular flexibility index (Phi) is 5.09. The summed E-state index contributed by atoms with van der Waals surface area (Å²) >= 11 is 6.03. The first-order valence-electron chi connectivity index (χ1n) is 7.67. The predicted octanol–water partition coefficient (Wildman–Crippen LogP) is 3.92. The molecule has 0 aliphatic carbocycles. The highest BCUT2D eigenvalue weighted by atomic mass is 35.5. The van der Waals surface area contributed by atoms with Gasteiger partial charge in [0.2, 0.25) is 0 Å². The molecule has 2 aromatic carbocycles. The second-order valence-electron chi connectivity index (χ2n) is 5.86. The number of nitro benzene ring substituents is 1. The molecule has 0 aliphatic heterocycles. The Morgan fingerprint density at radius 2 is 1.76 bits per heavy atom. The summed E-state index contributed by atoms with van der Waals surface area (Å²) in [5, 5.41) is 14.1. The summed E-state index contributed by atoms with van der Waals surface area (Å²) in [5.41, 5.74) is -0.282. The maximum atomic E-state index is 13.2. The fourth-order valence-electron chi connectivity index (χ4n) is 2.42. The first-order valence-corrected chi connectivity index (χ1v) is 9.94. The van der Waals surface area contributed by atoms with Gasteiger partial charge in [0.25, 0.3) is 11.5 Å². The van der Waals surface area contributed by atoms with Gasteiger partial charge in [0.15, 0.2) is 15.7 Å². The molecule has 0 saturated carbocycles. The van der Waals surface area contributed by atoms with Crippen LogP contribution < -0.4 is 0 Å². The lowest BCUT2D eigenvalue weighted by Gasteiger charge is -2.08. The summed E-state index contributed by atoms with van der Waals surface area (Å²) in [4.78, 5) is 13.6. The Labute approximate surface area is 166 Å². The molecule has 3 rings (SSSR count). The minimum Gasteiger partial charge on any atom is -0.258 e. The topological polar surface area (TPSA) is 108 Å². The number of halogens is 4. The average Bonchev–Trinajstić information content (AvgIpc) is 3.06. The zero-order chi connectivity index (χ0) is 21.6. The van der Waals surface area contributed by atoms with E-state index >= 15 is 0 Å². The number of non-ortho nitro benzene ring substituents is 1.